The van der Waals surface area contributed by atoms with Crippen LogP contribution in [0.3, 0.4) is 0 Å². The Bertz CT molecular complexity index is 1320. The number of likely N-dealkylation sites (N-methyl/N-ethyl adjacent to an activating group) is 1. The molecule has 0 radical (unpaired) electrons. The van der Waals surface area contributed by atoms with Gasteiger partial charge >= 0.3 is 0 Å². The molecule has 1 saturated carbocycles. The van der Waals surface area contributed by atoms with Crippen molar-refractivity contribution in [2.24, 2.45) is 5.92 Å². The lowest BCUT2D eigenvalue weighted by atomic mass is 9.87. The van der Waals surface area contributed by atoms with Crippen LogP contribution in [0.1, 0.15) is 57.5 Å². The first-order valence-electron chi connectivity index (χ1n) is 13.5. The highest BCUT2D eigenvalue weighted by Crippen LogP contribution is 2.41. The average molecular weight is 515 g/mol. The fourth-order valence-corrected chi connectivity index (χ4v) is 5.39. The van der Waals surface area contributed by atoms with E-state index in [-0.39, 0.29) is 30.4 Å². The van der Waals surface area contributed by atoms with Crippen LogP contribution in [0.15, 0.2) is 53.1 Å². The van der Waals surface area contributed by atoms with Crippen molar-refractivity contribution in [3.8, 4) is 5.75 Å². The Balaban J connectivity index is 1.19. The van der Waals surface area contributed by atoms with E-state index in [1.54, 1.807) is 0 Å². The highest BCUT2D eigenvalue weighted by Gasteiger charge is 2.39. The van der Waals surface area contributed by atoms with Crippen LogP contribution in [0.25, 0.3) is 0 Å². The molecule has 8 heteroatoms. The van der Waals surface area contributed by atoms with Crippen LogP contribution in [0, 0.1) is 12.8 Å². The molecule has 8 nitrogen and oxygen atoms in total. The van der Waals surface area contributed by atoms with Crippen LogP contribution in [0.2, 0.25) is 0 Å². The lowest BCUT2D eigenvalue weighted by molar-refractivity contribution is -0.134. The lowest BCUT2D eigenvalue weighted by Gasteiger charge is -2.38. The molecule has 3 aliphatic rings. The van der Waals surface area contributed by atoms with Gasteiger partial charge in [0.05, 0.1) is 6.04 Å². The van der Waals surface area contributed by atoms with Crippen LogP contribution >= 0.6 is 0 Å². The molecule has 198 valence electrons. The highest BCUT2D eigenvalue weighted by atomic mass is 16.5. The smallest absolute Gasteiger partial charge is 0.275 e. The number of amides is 2. The predicted molar refractivity (Wildman–Crippen MR) is 142 cm³/mol. The van der Waals surface area contributed by atoms with Crippen molar-refractivity contribution in [3.05, 3.63) is 82.6 Å². The van der Waals surface area contributed by atoms with Gasteiger partial charge in [-0.2, -0.15) is 0 Å². The number of piperazine rings is 1. The van der Waals surface area contributed by atoms with Gasteiger partial charge < -0.3 is 23.9 Å². The molecule has 0 N–H and O–H groups in total. The van der Waals surface area contributed by atoms with Crippen molar-refractivity contribution in [1.29, 1.82) is 0 Å². The molecular formula is C30H34N4O4. The zero-order valence-corrected chi connectivity index (χ0v) is 22.1. The molecule has 2 fully saturated rings. The molecule has 1 saturated heterocycles. The van der Waals surface area contributed by atoms with E-state index in [1.807, 2.05) is 17.0 Å². The van der Waals surface area contributed by atoms with E-state index in [0.29, 0.717) is 30.4 Å². The van der Waals surface area contributed by atoms with Crippen molar-refractivity contribution in [1.82, 2.24) is 19.7 Å². The summed E-state index contributed by atoms with van der Waals surface area (Å²) in [5.74, 6) is 1.36. The van der Waals surface area contributed by atoms with Crippen molar-refractivity contribution < 1.29 is 18.7 Å². The predicted octanol–water partition coefficient (Wildman–Crippen LogP) is 3.83. The second kappa shape index (κ2) is 10.3. The molecule has 0 spiro atoms. The lowest BCUT2D eigenvalue weighted by Crippen LogP contribution is -2.47. The number of carbonyl (C=O) groups excluding carboxylic acids is 2. The van der Waals surface area contributed by atoms with Gasteiger partial charge in [-0.3, -0.25) is 9.59 Å². The van der Waals surface area contributed by atoms with Crippen LogP contribution in [-0.4, -0.2) is 71.3 Å². The van der Waals surface area contributed by atoms with Gasteiger partial charge in [0.2, 0.25) is 11.8 Å². The summed E-state index contributed by atoms with van der Waals surface area (Å²) >= 11 is 0. The molecule has 1 atom stereocenters. The topological polar surface area (TPSA) is 79.1 Å². The standard InChI is InChI=1S/C30H34N4O4/c1-20-3-5-22(6-4-20)28-25-17-24(10-9-21(25)11-12-34(28)29(35)23-7-8-23)37-19-27-31-26(18-38-27)30(36)33-15-13-32(2)14-16-33/h3-6,9-10,17-18,23,28H,7-8,11-16,19H2,1-2H3. The summed E-state index contributed by atoms with van der Waals surface area (Å²) in [6, 6.07) is 14.4. The number of aromatic nitrogens is 1. The summed E-state index contributed by atoms with van der Waals surface area (Å²) in [4.78, 5) is 36.5. The molecule has 3 aromatic rings. The van der Waals surface area contributed by atoms with Gasteiger partial charge in [-0.25, -0.2) is 4.98 Å². The Kier molecular flexibility index (Phi) is 6.66. The van der Waals surface area contributed by atoms with E-state index in [0.717, 1.165) is 50.0 Å². The van der Waals surface area contributed by atoms with Crippen molar-refractivity contribution in [3.63, 3.8) is 0 Å². The fourth-order valence-electron chi connectivity index (χ4n) is 5.39. The van der Waals surface area contributed by atoms with Crippen LogP contribution in [0.4, 0.5) is 0 Å². The third-order valence-electron chi connectivity index (χ3n) is 7.87. The Labute approximate surface area is 223 Å². The number of nitrogens with zero attached hydrogens (tertiary/aromatic N) is 4. The summed E-state index contributed by atoms with van der Waals surface area (Å²) in [6.07, 6.45) is 4.22. The van der Waals surface area contributed by atoms with E-state index >= 15 is 0 Å². The normalized spacial score (nSPS) is 19.8. The minimum absolute atomic E-state index is 0.108. The molecule has 3 heterocycles. The maximum Gasteiger partial charge on any atom is 0.275 e. The second-order valence-corrected chi connectivity index (χ2v) is 10.7. The SMILES string of the molecule is Cc1ccc(C2c3cc(OCc4nc(C(=O)N5CCN(C)CC5)co4)ccc3CCN2C(=O)C2CC2)cc1. The Morgan fingerprint density at radius 2 is 1.79 bits per heavy atom. The Morgan fingerprint density at radius 1 is 1.03 bits per heavy atom. The summed E-state index contributed by atoms with van der Waals surface area (Å²) in [5, 5.41) is 0. The highest BCUT2D eigenvalue weighted by molar-refractivity contribution is 5.92. The molecule has 2 aliphatic heterocycles. The second-order valence-electron chi connectivity index (χ2n) is 10.7. The number of aryl methyl sites for hydroxylation is 1. The largest absolute Gasteiger partial charge is 0.484 e. The Morgan fingerprint density at radius 3 is 2.53 bits per heavy atom. The van der Waals surface area contributed by atoms with Crippen LogP contribution in [-0.2, 0) is 17.8 Å². The molecule has 1 aromatic heterocycles. The number of oxazole rings is 1. The van der Waals surface area contributed by atoms with Gasteiger partial charge in [0, 0.05) is 38.6 Å². The van der Waals surface area contributed by atoms with Crippen LogP contribution < -0.4 is 4.74 Å². The number of hydrogen-bond donors (Lipinski definition) is 0. The van der Waals surface area contributed by atoms with E-state index in [9.17, 15) is 9.59 Å². The van der Waals surface area contributed by atoms with Gasteiger partial charge in [0.15, 0.2) is 12.3 Å². The van der Waals surface area contributed by atoms with Gasteiger partial charge in [-0.05, 0) is 62.1 Å². The Hall–Kier alpha value is -3.65. The van der Waals surface area contributed by atoms with Gasteiger partial charge in [0.1, 0.15) is 12.0 Å². The average Bonchev–Trinajstić information content (AvgIpc) is 3.68. The summed E-state index contributed by atoms with van der Waals surface area (Å²) in [6.45, 7) is 5.99. The first-order chi connectivity index (χ1) is 18.5. The summed E-state index contributed by atoms with van der Waals surface area (Å²) in [7, 11) is 2.06. The number of hydrogen-bond acceptors (Lipinski definition) is 6. The third kappa shape index (κ3) is 5.05. The molecule has 2 amide bonds. The minimum atomic E-state index is -0.134. The number of fused-ring (bicyclic) bond motifs is 1. The van der Waals surface area contributed by atoms with E-state index in [4.69, 9.17) is 9.15 Å². The molecule has 38 heavy (non-hydrogen) atoms. The van der Waals surface area contributed by atoms with E-state index in [1.165, 1.54) is 17.4 Å². The first kappa shape index (κ1) is 24.7. The number of carbonyl (C=O) groups is 2. The van der Waals surface area contributed by atoms with E-state index < -0.39 is 0 Å². The monoisotopic (exact) mass is 514 g/mol. The third-order valence-corrected chi connectivity index (χ3v) is 7.87. The molecule has 1 aliphatic carbocycles. The molecule has 6 rings (SSSR count). The minimum Gasteiger partial charge on any atom is -0.484 e. The first-order valence-corrected chi connectivity index (χ1v) is 13.5. The van der Waals surface area contributed by atoms with Gasteiger partial charge in [-0.15, -0.1) is 0 Å². The summed E-state index contributed by atoms with van der Waals surface area (Å²) < 4.78 is 11.6. The maximum absolute atomic E-state index is 13.2. The molecular weight excluding hydrogens is 480 g/mol. The molecule has 1 unspecified atom stereocenters. The zero-order chi connectivity index (χ0) is 26.2. The molecule has 2 aromatic carbocycles. The van der Waals surface area contributed by atoms with Crippen molar-refractivity contribution >= 4 is 11.8 Å². The van der Waals surface area contributed by atoms with Crippen molar-refractivity contribution in [2.45, 2.75) is 38.8 Å². The number of rotatable bonds is 6. The van der Waals surface area contributed by atoms with E-state index in [2.05, 4.69) is 59.1 Å². The quantitative estimate of drug-likeness (QED) is 0.498. The summed E-state index contributed by atoms with van der Waals surface area (Å²) in [5.41, 5.74) is 4.96. The van der Waals surface area contributed by atoms with Gasteiger partial charge in [-0.1, -0.05) is 35.9 Å². The fraction of sp³-hybridized carbons (Fsp3) is 0.433. The molecule has 0 bridgehead atoms. The van der Waals surface area contributed by atoms with Crippen molar-refractivity contribution in [2.75, 3.05) is 39.8 Å². The zero-order valence-electron chi connectivity index (χ0n) is 22.1. The van der Waals surface area contributed by atoms with Gasteiger partial charge in [0.25, 0.3) is 5.91 Å². The number of ether oxygens (including phenoxy) is 1. The number of benzene rings is 2. The van der Waals surface area contributed by atoms with Crippen LogP contribution in [0.5, 0.6) is 5.75 Å². The maximum atomic E-state index is 13.2.